The molecule has 1 aromatic carbocycles. The van der Waals surface area contributed by atoms with E-state index in [0.29, 0.717) is 6.54 Å². The fourth-order valence-electron chi connectivity index (χ4n) is 2.66. The molecular weight excluding hydrogens is 334 g/mol. The monoisotopic (exact) mass is 349 g/mol. The van der Waals surface area contributed by atoms with E-state index in [2.05, 4.69) is 26.1 Å². The first-order valence-corrected chi connectivity index (χ1v) is 7.72. The number of hydrogen-bond acceptors (Lipinski definition) is 3. The molecule has 0 amide bonds. The van der Waals surface area contributed by atoms with E-state index in [1.54, 1.807) is 0 Å². The molecule has 2 aromatic rings. The number of piperidine rings is 1. The van der Waals surface area contributed by atoms with Gasteiger partial charge >= 0.3 is 5.97 Å². The van der Waals surface area contributed by atoms with Crippen molar-refractivity contribution in [1.82, 2.24) is 10.2 Å². The summed E-state index contributed by atoms with van der Waals surface area (Å²) in [6.45, 7) is 1.38. The van der Waals surface area contributed by atoms with Crippen molar-refractivity contribution in [3.05, 3.63) is 34.8 Å². The van der Waals surface area contributed by atoms with Crippen molar-refractivity contribution in [2.24, 2.45) is 5.92 Å². The van der Waals surface area contributed by atoms with Crippen LogP contribution >= 0.6 is 15.9 Å². The minimum atomic E-state index is -0.720. The Bertz CT molecular complexity index is 656. The minimum absolute atomic E-state index is 0.301. The molecule has 1 atom stereocenters. The maximum atomic E-state index is 11.1. The van der Waals surface area contributed by atoms with Gasteiger partial charge in [0.2, 0.25) is 0 Å². The summed E-state index contributed by atoms with van der Waals surface area (Å²) in [5.41, 5.74) is 1.98. The highest BCUT2D eigenvalue weighted by Crippen LogP contribution is 2.27. The summed E-state index contributed by atoms with van der Waals surface area (Å²) in [6.07, 6.45) is 1.63. The van der Waals surface area contributed by atoms with Crippen molar-refractivity contribution in [2.45, 2.75) is 12.8 Å². The van der Waals surface area contributed by atoms with Crippen LogP contribution in [-0.4, -0.2) is 34.4 Å². The topological polar surface area (TPSA) is 69.2 Å². The zero-order chi connectivity index (χ0) is 14.8. The molecule has 0 radical (unpaired) electrons. The van der Waals surface area contributed by atoms with Gasteiger partial charge in [0.05, 0.1) is 11.6 Å². The van der Waals surface area contributed by atoms with Crippen LogP contribution in [0.3, 0.4) is 0 Å². The van der Waals surface area contributed by atoms with E-state index in [1.165, 1.54) is 0 Å². The molecule has 110 valence electrons. The Labute approximate surface area is 131 Å². The van der Waals surface area contributed by atoms with Gasteiger partial charge in [-0.05, 0) is 25.0 Å². The number of aromatic amines is 1. The van der Waals surface area contributed by atoms with Crippen LogP contribution in [0, 0.1) is 5.92 Å². The van der Waals surface area contributed by atoms with Gasteiger partial charge in [-0.2, -0.15) is 5.10 Å². The Morgan fingerprint density at radius 3 is 3.05 bits per heavy atom. The first-order valence-electron chi connectivity index (χ1n) is 6.92. The number of carboxylic acids is 1. The fraction of sp³-hybridized carbons (Fsp3) is 0.333. The van der Waals surface area contributed by atoms with Crippen LogP contribution in [0.1, 0.15) is 12.8 Å². The molecule has 1 fully saturated rings. The third kappa shape index (κ3) is 3.10. The molecule has 5 nitrogen and oxygen atoms in total. The van der Waals surface area contributed by atoms with Crippen LogP contribution < -0.4 is 4.90 Å². The van der Waals surface area contributed by atoms with E-state index < -0.39 is 5.97 Å². The van der Waals surface area contributed by atoms with Gasteiger partial charge in [-0.1, -0.05) is 28.1 Å². The third-order valence-corrected chi connectivity index (χ3v) is 4.29. The lowest BCUT2D eigenvalue weighted by Gasteiger charge is -2.30. The number of nitrogens with zero attached hydrogens (tertiary/aromatic N) is 2. The Hall–Kier alpha value is -1.82. The number of aromatic nitrogens is 2. The Balaban J connectivity index is 1.80. The Kier molecular flexibility index (Phi) is 3.96. The molecule has 21 heavy (non-hydrogen) atoms. The minimum Gasteiger partial charge on any atom is -0.481 e. The van der Waals surface area contributed by atoms with Crippen LogP contribution in [0.2, 0.25) is 0 Å². The van der Waals surface area contributed by atoms with Crippen molar-refractivity contribution >= 4 is 27.7 Å². The molecule has 6 heteroatoms. The highest BCUT2D eigenvalue weighted by atomic mass is 79.9. The van der Waals surface area contributed by atoms with Gasteiger partial charge in [-0.25, -0.2) is 0 Å². The number of aliphatic carboxylic acids is 1. The lowest BCUT2D eigenvalue weighted by molar-refractivity contribution is -0.141. The largest absolute Gasteiger partial charge is 0.481 e. The number of rotatable bonds is 3. The van der Waals surface area contributed by atoms with Gasteiger partial charge < -0.3 is 10.0 Å². The van der Waals surface area contributed by atoms with Crippen molar-refractivity contribution in [3.8, 4) is 11.3 Å². The van der Waals surface area contributed by atoms with Gasteiger partial charge in [-0.15, -0.1) is 0 Å². The predicted octanol–water partition coefficient (Wildman–Crippen LogP) is 3.14. The summed E-state index contributed by atoms with van der Waals surface area (Å²) < 4.78 is 1.01. The van der Waals surface area contributed by atoms with Crippen molar-refractivity contribution in [1.29, 1.82) is 0 Å². The van der Waals surface area contributed by atoms with E-state index in [9.17, 15) is 4.79 Å². The van der Waals surface area contributed by atoms with Crippen LogP contribution in [0.4, 0.5) is 5.82 Å². The molecule has 0 bridgehead atoms. The molecule has 0 saturated carbocycles. The molecule has 0 spiro atoms. The summed E-state index contributed by atoms with van der Waals surface area (Å²) in [5.74, 6) is -0.205. The van der Waals surface area contributed by atoms with Gasteiger partial charge in [0, 0.05) is 29.2 Å². The zero-order valence-electron chi connectivity index (χ0n) is 11.4. The van der Waals surface area contributed by atoms with E-state index in [0.717, 1.165) is 40.9 Å². The molecule has 1 aliphatic rings. The van der Waals surface area contributed by atoms with E-state index in [4.69, 9.17) is 5.11 Å². The summed E-state index contributed by atoms with van der Waals surface area (Å²) in [4.78, 5) is 13.2. The lowest BCUT2D eigenvalue weighted by atomic mass is 9.98. The molecule has 0 aliphatic carbocycles. The maximum absolute atomic E-state index is 11.1. The highest BCUT2D eigenvalue weighted by molar-refractivity contribution is 9.10. The van der Waals surface area contributed by atoms with Crippen LogP contribution in [0.15, 0.2) is 34.8 Å². The second kappa shape index (κ2) is 5.89. The number of carbonyl (C=O) groups is 1. The molecule has 2 heterocycles. The van der Waals surface area contributed by atoms with E-state index in [1.807, 2.05) is 35.2 Å². The lowest BCUT2D eigenvalue weighted by Crippen LogP contribution is -2.38. The van der Waals surface area contributed by atoms with Crippen molar-refractivity contribution in [2.75, 3.05) is 18.0 Å². The standard InChI is InChI=1S/C15H16BrN3O2/c16-12-5-1-3-10(7-12)13-8-14(18-17-13)19-6-2-4-11(9-19)15(20)21/h1,3,5,7-8,11H,2,4,6,9H2,(H,17,18)(H,20,21). The number of nitrogens with one attached hydrogen (secondary N) is 1. The molecule has 1 aliphatic heterocycles. The molecule has 1 unspecified atom stereocenters. The van der Waals surface area contributed by atoms with Crippen molar-refractivity contribution < 1.29 is 9.90 Å². The predicted molar refractivity (Wildman–Crippen MR) is 84.3 cm³/mol. The number of anilines is 1. The summed E-state index contributed by atoms with van der Waals surface area (Å²) in [5, 5.41) is 16.5. The number of carboxylic acid groups (broad SMARTS) is 1. The van der Waals surface area contributed by atoms with E-state index in [-0.39, 0.29) is 5.92 Å². The Morgan fingerprint density at radius 2 is 2.29 bits per heavy atom. The first kappa shape index (κ1) is 14.1. The first-order chi connectivity index (χ1) is 10.1. The zero-order valence-corrected chi connectivity index (χ0v) is 13.0. The van der Waals surface area contributed by atoms with Gasteiger partial charge in [0.15, 0.2) is 5.82 Å². The van der Waals surface area contributed by atoms with Gasteiger partial charge in [0.25, 0.3) is 0 Å². The highest BCUT2D eigenvalue weighted by Gasteiger charge is 2.26. The molecule has 3 rings (SSSR count). The van der Waals surface area contributed by atoms with Crippen LogP contribution in [-0.2, 0) is 4.79 Å². The second-order valence-corrected chi connectivity index (χ2v) is 6.19. The van der Waals surface area contributed by atoms with Gasteiger partial charge in [-0.3, -0.25) is 9.89 Å². The third-order valence-electron chi connectivity index (χ3n) is 3.79. The average molecular weight is 350 g/mol. The maximum Gasteiger partial charge on any atom is 0.308 e. The average Bonchev–Trinajstić information content (AvgIpc) is 2.97. The molecule has 1 saturated heterocycles. The normalized spacial score (nSPS) is 18.7. The van der Waals surface area contributed by atoms with Crippen LogP contribution in [0.25, 0.3) is 11.3 Å². The SMILES string of the molecule is O=C(O)C1CCCN(c2cc(-c3cccc(Br)c3)[nH]n2)C1. The molecule has 1 aromatic heterocycles. The smallest absolute Gasteiger partial charge is 0.308 e. The second-order valence-electron chi connectivity index (χ2n) is 5.27. The van der Waals surface area contributed by atoms with Crippen LogP contribution in [0.5, 0.6) is 0 Å². The van der Waals surface area contributed by atoms with Crippen molar-refractivity contribution in [3.63, 3.8) is 0 Å². The van der Waals surface area contributed by atoms with Gasteiger partial charge in [0.1, 0.15) is 0 Å². The summed E-state index contributed by atoms with van der Waals surface area (Å²) in [7, 11) is 0. The summed E-state index contributed by atoms with van der Waals surface area (Å²) in [6, 6.07) is 9.96. The van der Waals surface area contributed by atoms with E-state index >= 15 is 0 Å². The summed E-state index contributed by atoms with van der Waals surface area (Å²) >= 11 is 3.46. The quantitative estimate of drug-likeness (QED) is 0.892. The molecular formula is C15H16BrN3O2. The molecule has 2 N–H and O–H groups in total. The fourth-order valence-corrected chi connectivity index (χ4v) is 3.06. The number of H-pyrrole nitrogens is 1. The number of hydrogen-bond donors (Lipinski definition) is 2. The number of halogens is 1. The number of benzene rings is 1. The Morgan fingerprint density at radius 1 is 1.43 bits per heavy atom.